The SMILES string of the molecule is C=C(c1cccc(F)c1)c1cccc2[nH]c(C3CC3)nc12. The van der Waals surface area contributed by atoms with Crippen molar-refractivity contribution in [3.05, 3.63) is 71.8 Å². The van der Waals surface area contributed by atoms with E-state index >= 15 is 0 Å². The Morgan fingerprint density at radius 3 is 2.76 bits per heavy atom. The molecule has 0 atom stereocenters. The lowest BCUT2D eigenvalue weighted by atomic mass is 9.98. The zero-order valence-corrected chi connectivity index (χ0v) is 11.6. The highest BCUT2D eigenvalue weighted by Gasteiger charge is 2.27. The van der Waals surface area contributed by atoms with Gasteiger partial charge in [0, 0.05) is 11.5 Å². The maximum atomic E-state index is 13.4. The fourth-order valence-corrected chi connectivity index (χ4v) is 2.68. The number of imidazole rings is 1. The molecule has 0 saturated heterocycles. The van der Waals surface area contributed by atoms with Crippen LogP contribution in [0.2, 0.25) is 0 Å². The van der Waals surface area contributed by atoms with Crippen LogP contribution in [0.1, 0.15) is 35.7 Å². The van der Waals surface area contributed by atoms with Crippen molar-refractivity contribution in [1.29, 1.82) is 0 Å². The molecule has 21 heavy (non-hydrogen) atoms. The molecular formula is C18H15FN2. The summed E-state index contributed by atoms with van der Waals surface area (Å²) in [5, 5.41) is 0. The fourth-order valence-electron chi connectivity index (χ4n) is 2.68. The summed E-state index contributed by atoms with van der Waals surface area (Å²) in [7, 11) is 0. The predicted molar refractivity (Wildman–Crippen MR) is 82.6 cm³/mol. The van der Waals surface area contributed by atoms with Crippen molar-refractivity contribution in [3.63, 3.8) is 0 Å². The number of hydrogen-bond acceptors (Lipinski definition) is 1. The van der Waals surface area contributed by atoms with Gasteiger partial charge in [-0.25, -0.2) is 9.37 Å². The van der Waals surface area contributed by atoms with Crippen LogP contribution in [-0.2, 0) is 0 Å². The van der Waals surface area contributed by atoms with E-state index in [-0.39, 0.29) is 5.82 Å². The minimum Gasteiger partial charge on any atom is -0.342 e. The van der Waals surface area contributed by atoms with Crippen molar-refractivity contribution in [2.45, 2.75) is 18.8 Å². The van der Waals surface area contributed by atoms with Gasteiger partial charge in [0.1, 0.15) is 11.6 Å². The molecule has 1 aliphatic rings. The van der Waals surface area contributed by atoms with Crippen LogP contribution < -0.4 is 0 Å². The van der Waals surface area contributed by atoms with Crippen LogP contribution in [0.3, 0.4) is 0 Å². The first kappa shape index (κ1) is 12.3. The molecule has 0 spiro atoms. The van der Waals surface area contributed by atoms with E-state index in [1.165, 1.54) is 25.0 Å². The number of aromatic amines is 1. The molecule has 2 nitrogen and oxygen atoms in total. The summed E-state index contributed by atoms with van der Waals surface area (Å²) in [5.74, 6) is 1.39. The van der Waals surface area contributed by atoms with Crippen molar-refractivity contribution < 1.29 is 4.39 Å². The predicted octanol–water partition coefficient (Wildman–Crippen LogP) is 4.64. The minimum atomic E-state index is -0.249. The van der Waals surface area contributed by atoms with Gasteiger partial charge < -0.3 is 4.98 Å². The molecule has 1 aliphatic carbocycles. The third kappa shape index (κ3) is 2.15. The van der Waals surface area contributed by atoms with Crippen LogP contribution in [0.5, 0.6) is 0 Å². The summed E-state index contributed by atoms with van der Waals surface area (Å²) in [5.41, 5.74) is 4.49. The van der Waals surface area contributed by atoms with E-state index in [0.29, 0.717) is 5.92 Å². The average molecular weight is 278 g/mol. The number of aromatic nitrogens is 2. The molecule has 0 unspecified atom stereocenters. The first-order valence-electron chi connectivity index (χ1n) is 7.16. The third-order valence-corrected chi connectivity index (χ3v) is 3.99. The maximum absolute atomic E-state index is 13.4. The van der Waals surface area contributed by atoms with E-state index in [1.54, 1.807) is 6.07 Å². The van der Waals surface area contributed by atoms with E-state index in [1.807, 2.05) is 24.3 Å². The van der Waals surface area contributed by atoms with E-state index in [2.05, 4.69) is 11.6 Å². The van der Waals surface area contributed by atoms with Gasteiger partial charge in [0.15, 0.2) is 0 Å². The van der Waals surface area contributed by atoms with Gasteiger partial charge in [0.25, 0.3) is 0 Å². The first-order chi connectivity index (χ1) is 10.2. The topological polar surface area (TPSA) is 28.7 Å². The molecule has 4 rings (SSSR count). The smallest absolute Gasteiger partial charge is 0.123 e. The molecule has 104 valence electrons. The molecule has 0 aliphatic heterocycles. The second-order valence-electron chi connectivity index (χ2n) is 5.59. The lowest BCUT2D eigenvalue weighted by Crippen LogP contribution is -1.89. The summed E-state index contributed by atoms with van der Waals surface area (Å²) in [6.45, 7) is 4.14. The van der Waals surface area contributed by atoms with Gasteiger partial charge in [0.2, 0.25) is 0 Å². The number of H-pyrrole nitrogens is 1. The zero-order chi connectivity index (χ0) is 14.4. The van der Waals surface area contributed by atoms with Gasteiger partial charge in [-0.1, -0.05) is 30.8 Å². The highest BCUT2D eigenvalue weighted by Crippen LogP contribution is 2.40. The second kappa shape index (κ2) is 4.55. The number of rotatable bonds is 3. The Morgan fingerprint density at radius 2 is 2.00 bits per heavy atom. The summed E-state index contributed by atoms with van der Waals surface area (Å²) in [6, 6.07) is 12.5. The largest absolute Gasteiger partial charge is 0.342 e. The quantitative estimate of drug-likeness (QED) is 0.742. The van der Waals surface area contributed by atoms with E-state index in [9.17, 15) is 4.39 Å². The van der Waals surface area contributed by atoms with Crippen molar-refractivity contribution >= 4 is 16.6 Å². The lowest BCUT2D eigenvalue weighted by Gasteiger charge is -2.07. The molecule has 3 heteroatoms. The second-order valence-corrected chi connectivity index (χ2v) is 5.59. The average Bonchev–Trinajstić information content (AvgIpc) is 3.25. The standard InChI is InChI=1S/C18H15FN2/c1-11(13-4-2-5-14(19)10-13)15-6-3-7-16-17(15)21-18(20-16)12-8-9-12/h2-7,10,12H,1,8-9H2,(H,20,21). The molecule has 1 fully saturated rings. The van der Waals surface area contributed by atoms with Gasteiger partial charge in [-0.3, -0.25) is 0 Å². The van der Waals surface area contributed by atoms with Crippen LogP contribution in [0, 0.1) is 5.82 Å². The van der Waals surface area contributed by atoms with E-state index < -0.39 is 0 Å². The van der Waals surface area contributed by atoms with Crippen LogP contribution in [0.4, 0.5) is 4.39 Å². The van der Waals surface area contributed by atoms with Gasteiger partial charge in [0.05, 0.1) is 11.0 Å². The molecular weight excluding hydrogens is 263 g/mol. The molecule has 3 aromatic rings. The number of halogens is 1. The van der Waals surface area contributed by atoms with Gasteiger partial charge in [-0.05, 0) is 42.2 Å². The number of nitrogens with zero attached hydrogens (tertiary/aromatic N) is 1. The lowest BCUT2D eigenvalue weighted by molar-refractivity contribution is 0.627. The number of nitrogens with one attached hydrogen (secondary N) is 1. The van der Waals surface area contributed by atoms with Gasteiger partial charge in [-0.15, -0.1) is 0 Å². The molecule has 2 aromatic carbocycles. The highest BCUT2D eigenvalue weighted by molar-refractivity contribution is 5.93. The number of benzene rings is 2. The molecule has 1 heterocycles. The van der Waals surface area contributed by atoms with Crippen LogP contribution in [0.25, 0.3) is 16.6 Å². The Hall–Kier alpha value is -2.42. The van der Waals surface area contributed by atoms with Crippen LogP contribution in [-0.4, -0.2) is 9.97 Å². The Morgan fingerprint density at radius 1 is 1.19 bits per heavy atom. The first-order valence-corrected chi connectivity index (χ1v) is 7.16. The normalized spacial score (nSPS) is 14.5. The number of fused-ring (bicyclic) bond motifs is 1. The summed E-state index contributed by atoms with van der Waals surface area (Å²) < 4.78 is 13.4. The molecule has 1 saturated carbocycles. The van der Waals surface area contributed by atoms with Gasteiger partial charge >= 0.3 is 0 Å². The Kier molecular flexibility index (Phi) is 2.67. The van der Waals surface area contributed by atoms with Crippen LogP contribution >= 0.6 is 0 Å². The molecule has 0 bridgehead atoms. The Balaban J connectivity index is 1.83. The Bertz CT molecular complexity index is 843. The monoisotopic (exact) mass is 278 g/mol. The van der Waals surface area contributed by atoms with E-state index in [4.69, 9.17) is 4.98 Å². The number of para-hydroxylation sites is 1. The van der Waals surface area contributed by atoms with Crippen molar-refractivity contribution in [2.75, 3.05) is 0 Å². The maximum Gasteiger partial charge on any atom is 0.123 e. The van der Waals surface area contributed by atoms with E-state index in [0.717, 1.165) is 33.6 Å². The van der Waals surface area contributed by atoms with Gasteiger partial charge in [-0.2, -0.15) is 0 Å². The molecule has 0 radical (unpaired) electrons. The molecule has 1 N–H and O–H groups in total. The number of hydrogen-bond donors (Lipinski definition) is 1. The summed E-state index contributed by atoms with van der Waals surface area (Å²) in [6.07, 6.45) is 2.42. The summed E-state index contributed by atoms with van der Waals surface area (Å²) in [4.78, 5) is 8.12. The summed E-state index contributed by atoms with van der Waals surface area (Å²) >= 11 is 0. The Labute approximate surface area is 122 Å². The van der Waals surface area contributed by atoms with Crippen molar-refractivity contribution in [3.8, 4) is 0 Å². The third-order valence-electron chi connectivity index (χ3n) is 3.99. The van der Waals surface area contributed by atoms with Crippen molar-refractivity contribution in [1.82, 2.24) is 9.97 Å². The molecule has 0 amide bonds. The zero-order valence-electron chi connectivity index (χ0n) is 11.6. The molecule has 1 aromatic heterocycles. The van der Waals surface area contributed by atoms with Crippen molar-refractivity contribution in [2.24, 2.45) is 0 Å². The minimum absolute atomic E-state index is 0.249. The van der Waals surface area contributed by atoms with Crippen LogP contribution in [0.15, 0.2) is 49.0 Å². The fraction of sp³-hybridized carbons (Fsp3) is 0.167. The highest BCUT2D eigenvalue weighted by atomic mass is 19.1.